The predicted octanol–water partition coefficient (Wildman–Crippen LogP) is 4.56. The fraction of sp³-hybridized carbons (Fsp3) is 0.333. The SMILES string of the molecule is OC(CC1CCCCN1)c1ccc2ccc3ccccc3c2c1. The summed E-state index contributed by atoms with van der Waals surface area (Å²) >= 11 is 0. The van der Waals surface area contributed by atoms with E-state index in [-0.39, 0.29) is 0 Å². The Balaban J connectivity index is 1.68. The van der Waals surface area contributed by atoms with Crippen LogP contribution in [0.1, 0.15) is 37.4 Å². The normalized spacial score (nSPS) is 20.0. The second kappa shape index (κ2) is 6.31. The third-order valence-corrected chi connectivity index (χ3v) is 5.08. The Morgan fingerprint density at radius 3 is 2.57 bits per heavy atom. The van der Waals surface area contributed by atoms with Gasteiger partial charge in [-0.05, 0) is 59.0 Å². The van der Waals surface area contributed by atoms with E-state index in [1.165, 1.54) is 40.8 Å². The van der Waals surface area contributed by atoms with Crippen molar-refractivity contribution >= 4 is 21.5 Å². The third kappa shape index (κ3) is 2.97. The summed E-state index contributed by atoms with van der Waals surface area (Å²) in [6, 6.07) is 19.6. The first kappa shape index (κ1) is 14.7. The number of piperidine rings is 1. The van der Waals surface area contributed by atoms with Gasteiger partial charge >= 0.3 is 0 Å². The molecule has 2 unspecified atom stereocenters. The van der Waals surface area contributed by atoms with Gasteiger partial charge in [0.2, 0.25) is 0 Å². The van der Waals surface area contributed by atoms with Crippen LogP contribution < -0.4 is 5.32 Å². The first-order valence-electron chi connectivity index (χ1n) is 8.64. The van der Waals surface area contributed by atoms with E-state index in [1.54, 1.807) is 0 Å². The lowest BCUT2D eigenvalue weighted by molar-refractivity contribution is 0.145. The highest BCUT2D eigenvalue weighted by atomic mass is 16.3. The molecular weight excluding hydrogens is 282 g/mol. The highest BCUT2D eigenvalue weighted by Crippen LogP contribution is 2.29. The Hall–Kier alpha value is -1.90. The van der Waals surface area contributed by atoms with Gasteiger partial charge in [0.05, 0.1) is 6.10 Å². The fourth-order valence-electron chi connectivity index (χ4n) is 3.76. The maximum absolute atomic E-state index is 10.7. The quantitative estimate of drug-likeness (QED) is 0.695. The molecule has 2 heteroatoms. The van der Waals surface area contributed by atoms with Crippen LogP contribution in [-0.2, 0) is 0 Å². The zero-order valence-corrected chi connectivity index (χ0v) is 13.3. The molecule has 2 atom stereocenters. The first-order valence-corrected chi connectivity index (χ1v) is 8.64. The molecule has 3 aromatic rings. The summed E-state index contributed by atoms with van der Waals surface area (Å²) in [6.45, 7) is 1.08. The highest BCUT2D eigenvalue weighted by molar-refractivity contribution is 6.07. The number of hydrogen-bond donors (Lipinski definition) is 2. The highest BCUT2D eigenvalue weighted by Gasteiger charge is 2.18. The number of aliphatic hydroxyl groups excluding tert-OH is 1. The van der Waals surface area contributed by atoms with Crippen molar-refractivity contribution in [3.63, 3.8) is 0 Å². The zero-order chi connectivity index (χ0) is 15.6. The third-order valence-electron chi connectivity index (χ3n) is 5.08. The van der Waals surface area contributed by atoms with Gasteiger partial charge in [0.1, 0.15) is 0 Å². The number of hydrogen-bond acceptors (Lipinski definition) is 2. The number of aliphatic hydroxyl groups is 1. The van der Waals surface area contributed by atoms with Gasteiger partial charge in [0.15, 0.2) is 0 Å². The minimum Gasteiger partial charge on any atom is -0.388 e. The Labute approximate surface area is 137 Å². The lowest BCUT2D eigenvalue weighted by Crippen LogP contribution is -2.35. The molecule has 3 aromatic carbocycles. The van der Waals surface area contributed by atoms with Crippen molar-refractivity contribution in [3.05, 3.63) is 60.2 Å². The van der Waals surface area contributed by atoms with E-state index in [1.807, 2.05) is 0 Å². The molecule has 1 fully saturated rings. The van der Waals surface area contributed by atoms with Gasteiger partial charge < -0.3 is 10.4 Å². The molecular formula is C21H23NO. The molecule has 0 bridgehead atoms. The molecule has 23 heavy (non-hydrogen) atoms. The number of rotatable bonds is 3. The molecule has 0 saturated carbocycles. The van der Waals surface area contributed by atoms with Crippen LogP contribution in [0.15, 0.2) is 54.6 Å². The lowest BCUT2D eigenvalue weighted by atomic mass is 9.93. The van der Waals surface area contributed by atoms with E-state index in [4.69, 9.17) is 0 Å². The van der Waals surface area contributed by atoms with Crippen LogP contribution in [-0.4, -0.2) is 17.7 Å². The fourth-order valence-corrected chi connectivity index (χ4v) is 3.76. The minimum absolute atomic E-state index is 0.394. The molecule has 1 aliphatic rings. The summed E-state index contributed by atoms with van der Waals surface area (Å²) in [5.41, 5.74) is 1.03. The van der Waals surface area contributed by atoms with Crippen molar-refractivity contribution in [3.8, 4) is 0 Å². The molecule has 118 valence electrons. The second-order valence-electron chi connectivity index (χ2n) is 6.67. The molecule has 0 aliphatic carbocycles. The molecule has 1 saturated heterocycles. The molecule has 0 spiro atoms. The smallest absolute Gasteiger partial charge is 0.0805 e. The van der Waals surface area contributed by atoms with E-state index in [9.17, 15) is 5.11 Å². The molecule has 2 nitrogen and oxygen atoms in total. The van der Waals surface area contributed by atoms with Crippen LogP contribution in [0.2, 0.25) is 0 Å². The Bertz CT molecular complexity index is 820. The second-order valence-corrected chi connectivity index (χ2v) is 6.67. The molecule has 1 heterocycles. The number of nitrogens with one attached hydrogen (secondary N) is 1. The first-order chi connectivity index (χ1) is 11.3. The van der Waals surface area contributed by atoms with Crippen molar-refractivity contribution in [2.24, 2.45) is 0 Å². The van der Waals surface area contributed by atoms with Crippen molar-refractivity contribution in [2.45, 2.75) is 37.8 Å². The maximum Gasteiger partial charge on any atom is 0.0805 e. The zero-order valence-electron chi connectivity index (χ0n) is 13.3. The van der Waals surface area contributed by atoms with Crippen LogP contribution in [0.4, 0.5) is 0 Å². The topological polar surface area (TPSA) is 32.3 Å². The van der Waals surface area contributed by atoms with Gasteiger partial charge in [-0.3, -0.25) is 0 Å². The van der Waals surface area contributed by atoms with E-state index in [0.717, 1.165) is 18.5 Å². The standard InChI is InChI=1S/C21H23NO/c23-21(14-18-6-3-4-12-22-18)17-11-10-16-9-8-15-5-1-2-7-19(15)20(16)13-17/h1-2,5,7-11,13,18,21-23H,3-4,6,12,14H2. The summed E-state index contributed by atoms with van der Waals surface area (Å²) in [6.07, 6.45) is 4.11. The summed E-state index contributed by atoms with van der Waals surface area (Å²) in [7, 11) is 0. The minimum atomic E-state index is -0.394. The maximum atomic E-state index is 10.7. The lowest BCUT2D eigenvalue weighted by Gasteiger charge is -2.25. The van der Waals surface area contributed by atoms with Crippen molar-refractivity contribution in [1.82, 2.24) is 5.32 Å². The summed E-state index contributed by atoms with van der Waals surface area (Å²) in [4.78, 5) is 0. The number of benzene rings is 3. The van der Waals surface area contributed by atoms with Gasteiger partial charge in [-0.25, -0.2) is 0 Å². The number of fused-ring (bicyclic) bond motifs is 3. The van der Waals surface area contributed by atoms with Crippen LogP contribution >= 0.6 is 0 Å². The van der Waals surface area contributed by atoms with Gasteiger partial charge in [-0.2, -0.15) is 0 Å². The van der Waals surface area contributed by atoms with Crippen molar-refractivity contribution in [2.75, 3.05) is 6.54 Å². The van der Waals surface area contributed by atoms with Crippen LogP contribution in [0.3, 0.4) is 0 Å². The van der Waals surface area contributed by atoms with Crippen LogP contribution in [0.5, 0.6) is 0 Å². The van der Waals surface area contributed by atoms with Crippen LogP contribution in [0, 0.1) is 0 Å². The van der Waals surface area contributed by atoms with Gasteiger partial charge in [0.25, 0.3) is 0 Å². The molecule has 4 rings (SSSR count). The molecule has 2 N–H and O–H groups in total. The van der Waals surface area contributed by atoms with E-state index >= 15 is 0 Å². The van der Waals surface area contributed by atoms with E-state index in [0.29, 0.717) is 6.04 Å². The van der Waals surface area contributed by atoms with Gasteiger partial charge in [-0.1, -0.05) is 55.0 Å². The predicted molar refractivity (Wildman–Crippen MR) is 96.7 cm³/mol. The molecule has 0 aromatic heterocycles. The summed E-state index contributed by atoms with van der Waals surface area (Å²) in [5.74, 6) is 0. The van der Waals surface area contributed by atoms with Crippen LogP contribution in [0.25, 0.3) is 21.5 Å². The van der Waals surface area contributed by atoms with E-state index < -0.39 is 6.10 Å². The van der Waals surface area contributed by atoms with Crippen molar-refractivity contribution in [1.29, 1.82) is 0 Å². The largest absolute Gasteiger partial charge is 0.388 e. The monoisotopic (exact) mass is 305 g/mol. The van der Waals surface area contributed by atoms with Crippen molar-refractivity contribution < 1.29 is 5.11 Å². The Morgan fingerprint density at radius 1 is 0.957 bits per heavy atom. The Kier molecular flexibility index (Phi) is 4.02. The summed E-state index contributed by atoms with van der Waals surface area (Å²) in [5, 5.41) is 19.2. The molecule has 0 amide bonds. The van der Waals surface area contributed by atoms with Gasteiger partial charge in [-0.15, -0.1) is 0 Å². The Morgan fingerprint density at radius 2 is 1.74 bits per heavy atom. The molecule has 1 aliphatic heterocycles. The summed E-state index contributed by atoms with van der Waals surface area (Å²) < 4.78 is 0. The van der Waals surface area contributed by atoms with Gasteiger partial charge in [0, 0.05) is 6.04 Å². The molecule has 0 radical (unpaired) electrons. The van der Waals surface area contributed by atoms with E-state index in [2.05, 4.69) is 59.9 Å². The average molecular weight is 305 g/mol. The average Bonchev–Trinajstić information content (AvgIpc) is 2.62.